The van der Waals surface area contributed by atoms with Gasteiger partial charge >= 0.3 is 0 Å². The lowest BCUT2D eigenvalue weighted by Crippen LogP contribution is -2.34. The lowest BCUT2D eigenvalue weighted by Gasteiger charge is -2.15. The topological polar surface area (TPSA) is 48.6 Å². The molecule has 0 aliphatic carbocycles. The standard InChI is InChI=1S/C12H22N2O2/c1-4-11-5-6-12(16-11)8-13-7-10(15)9-14(2)3/h5-6,10,13,15H,4,7-9H2,1-3H3. The highest BCUT2D eigenvalue weighted by Crippen LogP contribution is 2.07. The molecule has 4 nitrogen and oxygen atoms in total. The van der Waals surface area contributed by atoms with E-state index in [9.17, 15) is 5.11 Å². The quantitative estimate of drug-likeness (QED) is 0.724. The van der Waals surface area contributed by atoms with E-state index in [1.807, 2.05) is 31.1 Å². The highest BCUT2D eigenvalue weighted by Gasteiger charge is 2.05. The Morgan fingerprint density at radius 3 is 2.62 bits per heavy atom. The number of aliphatic hydroxyl groups excluding tert-OH is 1. The number of nitrogens with one attached hydrogen (secondary N) is 1. The van der Waals surface area contributed by atoms with Crippen LogP contribution in [-0.2, 0) is 13.0 Å². The Hall–Kier alpha value is -0.840. The van der Waals surface area contributed by atoms with Crippen molar-refractivity contribution in [1.29, 1.82) is 0 Å². The number of hydrogen-bond acceptors (Lipinski definition) is 4. The Balaban J connectivity index is 2.19. The van der Waals surface area contributed by atoms with Crippen LogP contribution in [0.3, 0.4) is 0 Å². The summed E-state index contributed by atoms with van der Waals surface area (Å²) in [5.74, 6) is 1.93. The first-order chi connectivity index (χ1) is 7.61. The van der Waals surface area contributed by atoms with E-state index in [0.717, 1.165) is 17.9 Å². The predicted molar refractivity (Wildman–Crippen MR) is 64.4 cm³/mol. The van der Waals surface area contributed by atoms with Gasteiger partial charge in [0.1, 0.15) is 11.5 Å². The Morgan fingerprint density at radius 2 is 2.06 bits per heavy atom. The number of hydrogen-bond donors (Lipinski definition) is 2. The largest absolute Gasteiger partial charge is 0.465 e. The molecule has 0 spiro atoms. The summed E-state index contributed by atoms with van der Waals surface area (Å²) in [6.45, 7) is 3.99. The van der Waals surface area contributed by atoms with Gasteiger partial charge in [0.2, 0.25) is 0 Å². The molecule has 0 radical (unpaired) electrons. The highest BCUT2D eigenvalue weighted by molar-refractivity contribution is 5.06. The lowest BCUT2D eigenvalue weighted by atomic mass is 10.3. The van der Waals surface area contributed by atoms with Crippen molar-refractivity contribution >= 4 is 0 Å². The van der Waals surface area contributed by atoms with Gasteiger partial charge in [0.25, 0.3) is 0 Å². The van der Waals surface area contributed by atoms with Crippen molar-refractivity contribution in [1.82, 2.24) is 10.2 Å². The Bertz CT molecular complexity index is 297. The van der Waals surface area contributed by atoms with Gasteiger partial charge in [-0.1, -0.05) is 6.92 Å². The van der Waals surface area contributed by atoms with E-state index in [4.69, 9.17) is 4.42 Å². The zero-order valence-electron chi connectivity index (χ0n) is 10.4. The summed E-state index contributed by atoms with van der Waals surface area (Å²) >= 11 is 0. The fourth-order valence-corrected chi connectivity index (χ4v) is 1.56. The van der Waals surface area contributed by atoms with Crippen molar-refractivity contribution < 1.29 is 9.52 Å². The average Bonchev–Trinajstić information content (AvgIpc) is 2.64. The molecule has 1 aromatic heterocycles. The minimum atomic E-state index is -0.337. The first-order valence-electron chi connectivity index (χ1n) is 5.73. The van der Waals surface area contributed by atoms with Gasteiger partial charge in [-0.05, 0) is 26.2 Å². The van der Waals surface area contributed by atoms with Crippen LogP contribution in [0.1, 0.15) is 18.4 Å². The highest BCUT2D eigenvalue weighted by atomic mass is 16.3. The van der Waals surface area contributed by atoms with Crippen molar-refractivity contribution in [2.75, 3.05) is 27.2 Å². The van der Waals surface area contributed by atoms with E-state index in [1.165, 1.54) is 0 Å². The average molecular weight is 226 g/mol. The molecule has 0 aromatic carbocycles. The van der Waals surface area contributed by atoms with Crippen molar-refractivity contribution in [3.05, 3.63) is 23.7 Å². The smallest absolute Gasteiger partial charge is 0.117 e. The van der Waals surface area contributed by atoms with Crippen molar-refractivity contribution in [2.45, 2.75) is 26.0 Å². The number of rotatable bonds is 7. The molecule has 0 saturated heterocycles. The minimum Gasteiger partial charge on any atom is -0.465 e. The minimum absolute atomic E-state index is 0.337. The fraction of sp³-hybridized carbons (Fsp3) is 0.667. The van der Waals surface area contributed by atoms with E-state index in [1.54, 1.807) is 0 Å². The zero-order chi connectivity index (χ0) is 12.0. The Kier molecular flexibility index (Phi) is 5.52. The molecule has 1 heterocycles. The molecule has 0 fully saturated rings. The van der Waals surface area contributed by atoms with Crippen LogP contribution >= 0.6 is 0 Å². The van der Waals surface area contributed by atoms with Crippen LogP contribution in [0.25, 0.3) is 0 Å². The van der Waals surface area contributed by atoms with Crippen LogP contribution in [0.2, 0.25) is 0 Å². The fourth-order valence-electron chi connectivity index (χ4n) is 1.56. The molecule has 0 aliphatic heterocycles. The van der Waals surface area contributed by atoms with Gasteiger partial charge in [-0.3, -0.25) is 0 Å². The Morgan fingerprint density at radius 1 is 1.38 bits per heavy atom. The van der Waals surface area contributed by atoms with Crippen LogP contribution in [0.4, 0.5) is 0 Å². The molecule has 16 heavy (non-hydrogen) atoms. The third-order valence-corrected chi connectivity index (χ3v) is 2.32. The predicted octanol–water partition coefficient (Wildman–Crippen LogP) is 0.854. The number of nitrogens with zero attached hydrogens (tertiary/aromatic N) is 1. The van der Waals surface area contributed by atoms with Crippen LogP contribution in [0, 0.1) is 0 Å². The van der Waals surface area contributed by atoms with Crippen molar-refractivity contribution in [2.24, 2.45) is 0 Å². The molecule has 2 N–H and O–H groups in total. The van der Waals surface area contributed by atoms with Gasteiger partial charge in [0.15, 0.2) is 0 Å². The first-order valence-corrected chi connectivity index (χ1v) is 5.73. The third-order valence-electron chi connectivity index (χ3n) is 2.32. The van der Waals surface area contributed by atoms with Crippen molar-refractivity contribution in [3.63, 3.8) is 0 Å². The molecular weight excluding hydrogens is 204 g/mol. The summed E-state index contributed by atoms with van der Waals surface area (Å²) in [5.41, 5.74) is 0. The molecule has 0 amide bonds. The molecule has 1 atom stereocenters. The SMILES string of the molecule is CCc1ccc(CNCC(O)CN(C)C)o1. The summed E-state index contributed by atoms with van der Waals surface area (Å²) in [6.07, 6.45) is 0.582. The van der Waals surface area contributed by atoms with E-state index >= 15 is 0 Å². The lowest BCUT2D eigenvalue weighted by molar-refractivity contribution is 0.134. The van der Waals surface area contributed by atoms with Gasteiger partial charge in [-0.15, -0.1) is 0 Å². The molecule has 92 valence electrons. The van der Waals surface area contributed by atoms with Gasteiger partial charge in [0, 0.05) is 19.5 Å². The summed E-state index contributed by atoms with van der Waals surface area (Å²) in [7, 11) is 3.90. The summed E-state index contributed by atoms with van der Waals surface area (Å²) in [6, 6.07) is 3.97. The first kappa shape index (κ1) is 13.2. The summed E-state index contributed by atoms with van der Waals surface area (Å²) in [5, 5.41) is 12.8. The second-order valence-electron chi connectivity index (χ2n) is 4.27. The van der Waals surface area contributed by atoms with E-state index in [2.05, 4.69) is 12.2 Å². The summed E-state index contributed by atoms with van der Waals surface area (Å²) < 4.78 is 5.54. The molecule has 0 saturated carbocycles. The van der Waals surface area contributed by atoms with Crippen LogP contribution in [0.5, 0.6) is 0 Å². The second-order valence-corrected chi connectivity index (χ2v) is 4.27. The molecule has 1 rings (SSSR count). The number of likely N-dealkylation sites (N-methyl/N-ethyl adjacent to an activating group) is 1. The van der Waals surface area contributed by atoms with Crippen LogP contribution < -0.4 is 5.32 Å². The molecule has 1 unspecified atom stereocenters. The van der Waals surface area contributed by atoms with E-state index < -0.39 is 0 Å². The maximum atomic E-state index is 9.61. The molecule has 0 aliphatic rings. The maximum Gasteiger partial charge on any atom is 0.117 e. The summed E-state index contributed by atoms with van der Waals surface area (Å²) in [4.78, 5) is 1.97. The normalized spacial score (nSPS) is 13.3. The third kappa shape index (κ3) is 4.79. The van der Waals surface area contributed by atoms with Crippen LogP contribution in [-0.4, -0.2) is 43.3 Å². The molecule has 4 heteroatoms. The van der Waals surface area contributed by atoms with Crippen molar-refractivity contribution in [3.8, 4) is 0 Å². The van der Waals surface area contributed by atoms with E-state index in [0.29, 0.717) is 19.6 Å². The van der Waals surface area contributed by atoms with Crippen LogP contribution in [0.15, 0.2) is 16.5 Å². The Labute approximate surface area is 97.2 Å². The number of aryl methyl sites for hydroxylation is 1. The molecule has 1 aromatic rings. The zero-order valence-corrected chi connectivity index (χ0v) is 10.4. The monoisotopic (exact) mass is 226 g/mol. The van der Waals surface area contributed by atoms with E-state index in [-0.39, 0.29) is 6.10 Å². The number of furan rings is 1. The molecule has 0 bridgehead atoms. The van der Waals surface area contributed by atoms with Gasteiger partial charge in [-0.25, -0.2) is 0 Å². The van der Waals surface area contributed by atoms with Gasteiger partial charge in [0.05, 0.1) is 12.6 Å². The molecular formula is C12H22N2O2. The van der Waals surface area contributed by atoms with Gasteiger partial charge < -0.3 is 19.7 Å². The van der Waals surface area contributed by atoms with Gasteiger partial charge in [-0.2, -0.15) is 0 Å². The maximum absolute atomic E-state index is 9.61. The second kappa shape index (κ2) is 6.68. The number of aliphatic hydroxyl groups is 1.